The Hall–Kier alpha value is -0.610. The number of aliphatic hydroxyl groups is 1. The number of nitrogens with zero attached hydrogens (tertiary/aromatic N) is 1. The zero-order chi connectivity index (χ0) is 10.3. The third kappa shape index (κ3) is 1.33. The van der Waals surface area contributed by atoms with Crippen LogP contribution in [0.1, 0.15) is 26.2 Å². The Morgan fingerprint density at radius 3 is 2.93 bits per heavy atom. The van der Waals surface area contributed by atoms with E-state index < -0.39 is 6.04 Å². The highest BCUT2D eigenvalue weighted by molar-refractivity contribution is 5.83. The van der Waals surface area contributed by atoms with Gasteiger partial charge < -0.3 is 15.7 Å². The van der Waals surface area contributed by atoms with E-state index in [9.17, 15) is 4.79 Å². The van der Waals surface area contributed by atoms with Gasteiger partial charge in [0.1, 0.15) is 0 Å². The largest absolute Gasteiger partial charge is 0.396 e. The Bertz CT molecular complexity index is 244. The molecule has 4 unspecified atom stereocenters. The smallest absolute Gasteiger partial charge is 0.240 e. The number of hydrogen-bond donors (Lipinski definition) is 2. The fourth-order valence-corrected chi connectivity index (χ4v) is 2.76. The van der Waals surface area contributed by atoms with Crippen molar-refractivity contribution in [1.82, 2.24) is 4.90 Å². The van der Waals surface area contributed by atoms with Crippen LogP contribution in [0.2, 0.25) is 0 Å². The van der Waals surface area contributed by atoms with Gasteiger partial charge in [0.05, 0.1) is 6.04 Å². The molecule has 2 rings (SSSR count). The number of aliphatic hydroxyl groups excluding tert-OH is 1. The molecule has 2 fully saturated rings. The first-order valence-corrected chi connectivity index (χ1v) is 5.33. The maximum atomic E-state index is 11.9. The van der Waals surface area contributed by atoms with Crippen LogP contribution in [-0.4, -0.2) is 40.6 Å². The quantitative estimate of drug-likeness (QED) is 0.608. The molecule has 0 aromatic carbocycles. The van der Waals surface area contributed by atoms with Gasteiger partial charge in [0.25, 0.3) is 0 Å². The van der Waals surface area contributed by atoms with Crippen molar-refractivity contribution in [3.8, 4) is 0 Å². The molecule has 0 aromatic rings. The van der Waals surface area contributed by atoms with E-state index in [1.54, 1.807) is 0 Å². The van der Waals surface area contributed by atoms with Crippen LogP contribution in [0.15, 0.2) is 0 Å². The molecule has 2 heterocycles. The molecule has 80 valence electrons. The predicted octanol–water partition coefficient (Wildman–Crippen LogP) is -0.295. The van der Waals surface area contributed by atoms with Crippen molar-refractivity contribution in [2.24, 2.45) is 11.7 Å². The van der Waals surface area contributed by atoms with E-state index in [0.29, 0.717) is 12.1 Å². The van der Waals surface area contributed by atoms with Crippen molar-refractivity contribution in [2.75, 3.05) is 6.61 Å². The Morgan fingerprint density at radius 1 is 1.57 bits per heavy atom. The second kappa shape index (κ2) is 3.51. The highest BCUT2D eigenvalue weighted by Crippen LogP contribution is 2.34. The second-order valence-corrected chi connectivity index (χ2v) is 4.53. The zero-order valence-electron chi connectivity index (χ0n) is 8.52. The van der Waals surface area contributed by atoms with Crippen LogP contribution in [0.5, 0.6) is 0 Å². The lowest BCUT2D eigenvalue weighted by atomic mass is 9.87. The summed E-state index contributed by atoms with van der Waals surface area (Å²) in [7, 11) is 0. The summed E-state index contributed by atoms with van der Waals surface area (Å²) in [5.74, 6) is -0.000602. The fourth-order valence-electron chi connectivity index (χ4n) is 2.76. The lowest BCUT2D eigenvalue weighted by Gasteiger charge is -2.39. The van der Waals surface area contributed by atoms with E-state index in [1.807, 2.05) is 4.90 Å². The Labute approximate surface area is 84.1 Å². The first-order valence-electron chi connectivity index (χ1n) is 5.33. The number of rotatable bonds is 1. The van der Waals surface area contributed by atoms with Gasteiger partial charge >= 0.3 is 0 Å². The van der Waals surface area contributed by atoms with Crippen LogP contribution < -0.4 is 5.73 Å². The number of fused-ring (bicyclic) bond motifs is 1. The van der Waals surface area contributed by atoms with Crippen molar-refractivity contribution in [3.63, 3.8) is 0 Å². The normalized spacial score (nSPS) is 42.8. The van der Waals surface area contributed by atoms with Gasteiger partial charge in [0, 0.05) is 24.6 Å². The SMILES string of the molecule is CC1CCC2CC(CO)C(N)C(=O)N12. The molecule has 0 aliphatic carbocycles. The first kappa shape index (κ1) is 9.93. The molecule has 4 heteroatoms. The van der Waals surface area contributed by atoms with Gasteiger partial charge in [-0.1, -0.05) is 0 Å². The van der Waals surface area contributed by atoms with Gasteiger partial charge in [-0.25, -0.2) is 0 Å². The summed E-state index contributed by atoms with van der Waals surface area (Å²) in [4.78, 5) is 13.8. The van der Waals surface area contributed by atoms with E-state index in [1.165, 1.54) is 0 Å². The number of hydrogen-bond acceptors (Lipinski definition) is 3. The van der Waals surface area contributed by atoms with E-state index in [-0.39, 0.29) is 18.4 Å². The van der Waals surface area contributed by atoms with Crippen LogP contribution in [0, 0.1) is 5.92 Å². The Balaban J connectivity index is 2.17. The van der Waals surface area contributed by atoms with Crippen molar-refractivity contribution in [1.29, 1.82) is 0 Å². The molecule has 4 nitrogen and oxygen atoms in total. The highest BCUT2D eigenvalue weighted by atomic mass is 16.3. The maximum Gasteiger partial charge on any atom is 0.240 e. The van der Waals surface area contributed by atoms with Gasteiger partial charge in [-0.15, -0.1) is 0 Å². The van der Waals surface area contributed by atoms with E-state index >= 15 is 0 Å². The van der Waals surface area contributed by atoms with Crippen LogP contribution >= 0.6 is 0 Å². The highest BCUT2D eigenvalue weighted by Gasteiger charge is 2.44. The van der Waals surface area contributed by atoms with Crippen molar-refractivity contribution < 1.29 is 9.90 Å². The summed E-state index contributed by atoms with van der Waals surface area (Å²) in [6.45, 7) is 2.11. The van der Waals surface area contributed by atoms with Gasteiger partial charge in [-0.05, 0) is 26.2 Å². The average molecular weight is 198 g/mol. The lowest BCUT2D eigenvalue weighted by Crippen LogP contribution is -2.57. The molecule has 0 radical (unpaired) electrons. The molecule has 0 bridgehead atoms. The maximum absolute atomic E-state index is 11.9. The molecule has 14 heavy (non-hydrogen) atoms. The second-order valence-electron chi connectivity index (χ2n) is 4.53. The van der Waals surface area contributed by atoms with Gasteiger partial charge in [0.15, 0.2) is 0 Å². The minimum atomic E-state index is -0.489. The summed E-state index contributed by atoms with van der Waals surface area (Å²) in [6, 6.07) is 0.171. The van der Waals surface area contributed by atoms with E-state index in [2.05, 4.69) is 6.92 Å². The molecule has 2 aliphatic heterocycles. The van der Waals surface area contributed by atoms with E-state index in [0.717, 1.165) is 19.3 Å². The summed E-state index contributed by atoms with van der Waals surface area (Å²) >= 11 is 0. The van der Waals surface area contributed by atoms with Crippen LogP contribution in [0.4, 0.5) is 0 Å². The standard InChI is InChI=1S/C10H18N2O2/c1-6-2-3-8-4-7(5-13)9(11)10(14)12(6)8/h6-9,13H,2-5,11H2,1H3. The summed E-state index contributed by atoms with van der Waals surface area (Å²) < 4.78 is 0. The molecule has 0 saturated carbocycles. The molecule has 4 atom stereocenters. The number of carbonyl (C=O) groups is 1. The predicted molar refractivity (Wildman–Crippen MR) is 52.5 cm³/mol. The molecule has 3 N–H and O–H groups in total. The van der Waals surface area contributed by atoms with Gasteiger partial charge in [-0.2, -0.15) is 0 Å². The molecular weight excluding hydrogens is 180 g/mol. The lowest BCUT2D eigenvalue weighted by molar-refractivity contribution is -0.141. The van der Waals surface area contributed by atoms with Crippen molar-refractivity contribution in [3.05, 3.63) is 0 Å². The summed E-state index contributed by atoms with van der Waals surface area (Å²) in [6.07, 6.45) is 3.01. The molecular formula is C10H18N2O2. The van der Waals surface area contributed by atoms with E-state index in [4.69, 9.17) is 10.8 Å². The Morgan fingerprint density at radius 2 is 2.29 bits per heavy atom. The third-order valence-electron chi connectivity index (χ3n) is 3.64. The first-order chi connectivity index (χ1) is 6.65. The van der Waals surface area contributed by atoms with Gasteiger partial charge in [0.2, 0.25) is 5.91 Å². The van der Waals surface area contributed by atoms with Crippen molar-refractivity contribution >= 4 is 5.91 Å². The fraction of sp³-hybridized carbons (Fsp3) is 0.900. The Kier molecular flexibility index (Phi) is 2.49. The van der Waals surface area contributed by atoms with Crippen molar-refractivity contribution in [2.45, 2.75) is 44.3 Å². The molecule has 0 aromatic heterocycles. The average Bonchev–Trinajstić information content (AvgIpc) is 2.54. The molecule has 1 amide bonds. The topological polar surface area (TPSA) is 66.6 Å². The summed E-state index contributed by atoms with van der Waals surface area (Å²) in [5.41, 5.74) is 5.80. The molecule has 2 saturated heterocycles. The number of piperidine rings is 1. The van der Waals surface area contributed by atoms with Crippen LogP contribution in [-0.2, 0) is 4.79 Å². The number of carbonyl (C=O) groups excluding carboxylic acids is 1. The third-order valence-corrected chi connectivity index (χ3v) is 3.64. The number of nitrogens with two attached hydrogens (primary N) is 1. The minimum Gasteiger partial charge on any atom is -0.396 e. The zero-order valence-corrected chi connectivity index (χ0v) is 8.52. The molecule has 0 spiro atoms. The minimum absolute atomic E-state index is 0.0327. The summed E-state index contributed by atoms with van der Waals surface area (Å²) in [5, 5.41) is 9.11. The van der Waals surface area contributed by atoms with Crippen LogP contribution in [0.3, 0.4) is 0 Å². The number of amides is 1. The molecule has 2 aliphatic rings. The monoisotopic (exact) mass is 198 g/mol. The van der Waals surface area contributed by atoms with Gasteiger partial charge in [-0.3, -0.25) is 4.79 Å². The van der Waals surface area contributed by atoms with Crippen LogP contribution in [0.25, 0.3) is 0 Å².